The molecule has 12 heteroatoms. The van der Waals surface area contributed by atoms with Crippen LogP contribution in [0.4, 0.5) is 4.79 Å². The van der Waals surface area contributed by atoms with Crippen LogP contribution in [0.3, 0.4) is 0 Å². The maximum absolute atomic E-state index is 13.8. The molecule has 5 rings (SSSR count). The molecule has 2 heterocycles. The molecule has 1 saturated heterocycles. The molecule has 12 nitrogen and oxygen atoms in total. The van der Waals surface area contributed by atoms with Crippen LogP contribution >= 0.6 is 0 Å². The zero-order valence-electron chi connectivity index (χ0n) is 31.4. The molecule has 51 heavy (non-hydrogen) atoms. The van der Waals surface area contributed by atoms with E-state index in [0.29, 0.717) is 83.4 Å². The average molecular weight is 715 g/mol. The lowest BCUT2D eigenvalue weighted by molar-refractivity contribution is -0.181. The van der Waals surface area contributed by atoms with Crippen molar-refractivity contribution < 1.29 is 38.4 Å². The van der Waals surface area contributed by atoms with E-state index < -0.39 is 23.2 Å². The maximum Gasteiger partial charge on any atom is 0.415 e. The van der Waals surface area contributed by atoms with Crippen molar-refractivity contribution in [1.29, 1.82) is 0 Å². The van der Waals surface area contributed by atoms with Gasteiger partial charge in [-0.15, -0.1) is 0 Å². The van der Waals surface area contributed by atoms with Crippen LogP contribution < -0.4 is 20.1 Å². The number of ketones is 1. The first-order valence-electron chi connectivity index (χ1n) is 19.6. The molecule has 3 N–H and O–H groups in total. The van der Waals surface area contributed by atoms with Crippen LogP contribution in [-0.4, -0.2) is 123 Å². The van der Waals surface area contributed by atoms with Gasteiger partial charge in [-0.3, -0.25) is 14.5 Å². The Balaban J connectivity index is 1.22. The summed E-state index contributed by atoms with van der Waals surface area (Å²) in [5.41, 5.74) is -0.318. The SMILES string of the molecule is CCNCCCN(CCCNC(=O)CCCCOCCOCC)C(=O)Oc1ccc(C)c2c1O[C@H]1C(=O)CC[C@@]3(O)[C@@H](C)N(CC4CC4)CC[C@]213. The molecule has 3 fully saturated rings. The van der Waals surface area contributed by atoms with Gasteiger partial charge in [0.15, 0.2) is 23.4 Å². The average Bonchev–Trinajstić information content (AvgIpc) is 3.86. The zero-order valence-corrected chi connectivity index (χ0v) is 31.4. The van der Waals surface area contributed by atoms with Crippen molar-refractivity contribution in [3.05, 3.63) is 23.3 Å². The summed E-state index contributed by atoms with van der Waals surface area (Å²) < 4.78 is 23.4. The Bertz CT molecular complexity index is 1340. The van der Waals surface area contributed by atoms with Gasteiger partial charge in [-0.2, -0.15) is 0 Å². The topological polar surface area (TPSA) is 139 Å². The molecular formula is C39H62N4O8. The highest BCUT2D eigenvalue weighted by Gasteiger charge is 2.70. The Morgan fingerprint density at radius 3 is 2.55 bits per heavy atom. The summed E-state index contributed by atoms with van der Waals surface area (Å²) in [6, 6.07) is 3.52. The van der Waals surface area contributed by atoms with Crippen LogP contribution in [0.1, 0.15) is 96.1 Å². The Labute approximate surface area is 304 Å². The smallest absolute Gasteiger partial charge is 0.415 e. The molecule has 1 spiro atoms. The molecule has 4 aliphatic rings. The molecule has 2 aliphatic heterocycles. The number of fused-ring (bicyclic) bond motifs is 1. The first kappa shape index (κ1) is 39.4. The molecule has 286 valence electrons. The van der Waals surface area contributed by atoms with E-state index in [1.54, 1.807) is 11.0 Å². The van der Waals surface area contributed by atoms with E-state index in [1.165, 1.54) is 12.8 Å². The number of rotatable bonds is 21. The minimum absolute atomic E-state index is 0.00617. The molecule has 0 unspecified atom stereocenters. The van der Waals surface area contributed by atoms with E-state index in [-0.39, 0.29) is 29.9 Å². The molecular weight excluding hydrogens is 652 g/mol. The molecule has 2 saturated carbocycles. The van der Waals surface area contributed by atoms with Crippen molar-refractivity contribution in [2.45, 2.75) is 115 Å². The third-order valence-electron chi connectivity index (χ3n) is 11.4. The fourth-order valence-electron chi connectivity index (χ4n) is 8.43. The lowest BCUT2D eigenvalue weighted by Gasteiger charge is -2.59. The van der Waals surface area contributed by atoms with Crippen molar-refractivity contribution >= 4 is 17.8 Å². The summed E-state index contributed by atoms with van der Waals surface area (Å²) in [6.45, 7) is 15.2. The van der Waals surface area contributed by atoms with Crippen LogP contribution in [0.15, 0.2) is 12.1 Å². The summed E-state index contributed by atoms with van der Waals surface area (Å²) in [7, 11) is 0. The fourth-order valence-corrected chi connectivity index (χ4v) is 8.43. The first-order chi connectivity index (χ1) is 24.7. The van der Waals surface area contributed by atoms with Crippen LogP contribution in [0.5, 0.6) is 11.5 Å². The number of piperidine rings is 1. The zero-order chi connectivity index (χ0) is 36.4. The number of hydrogen-bond donors (Lipinski definition) is 3. The van der Waals surface area contributed by atoms with Crippen molar-refractivity contribution in [2.24, 2.45) is 5.92 Å². The molecule has 0 aromatic heterocycles. The number of aliphatic hydroxyl groups is 1. The minimum Gasteiger partial charge on any atom is -0.477 e. The number of benzene rings is 1. The molecule has 2 aliphatic carbocycles. The van der Waals surface area contributed by atoms with E-state index in [1.807, 2.05) is 26.8 Å². The van der Waals surface area contributed by atoms with E-state index >= 15 is 0 Å². The van der Waals surface area contributed by atoms with Gasteiger partial charge >= 0.3 is 6.09 Å². The van der Waals surface area contributed by atoms with E-state index in [0.717, 1.165) is 56.6 Å². The molecule has 0 radical (unpaired) electrons. The molecule has 1 aromatic carbocycles. The van der Waals surface area contributed by atoms with Gasteiger partial charge in [0, 0.05) is 63.8 Å². The maximum atomic E-state index is 13.8. The Morgan fingerprint density at radius 2 is 1.80 bits per heavy atom. The number of carbonyl (C=O) groups excluding carboxylic acids is 3. The second-order valence-electron chi connectivity index (χ2n) is 14.8. The summed E-state index contributed by atoms with van der Waals surface area (Å²) >= 11 is 0. The van der Waals surface area contributed by atoms with Crippen LogP contribution in [-0.2, 0) is 24.5 Å². The Hall–Kier alpha value is -2.77. The predicted octanol–water partition coefficient (Wildman–Crippen LogP) is 4.12. The number of hydrogen-bond acceptors (Lipinski definition) is 10. The fraction of sp³-hybridized carbons (Fsp3) is 0.769. The highest BCUT2D eigenvalue weighted by atomic mass is 16.6. The monoisotopic (exact) mass is 714 g/mol. The molecule has 1 aromatic rings. The normalized spacial score (nSPS) is 25.5. The van der Waals surface area contributed by atoms with Crippen molar-refractivity contribution in [2.75, 3.05) is 72.2 Å². The number of nitrogens with one attached hydrogen (secondary N) is 2. The van der Waals surface area contributed by atoms with Crippen LogP contribution in [0, 0.1) is 12.8 Å². The first-order valence-corrected chi connectivity index (χ1v) is 19.6. The van der Waals surface area contributed by atoms with Crippen molar-refractivity contribution in [3.8, 4) is 11.5 Å². The number of ether oxygens (including phenoxy) is 4. The number of amides is 2. The number of Topliss-reactive ketones (excluding diaryl/α,β-unsaturated/α-hetero) is 1. The number of nitrogens with zero attached hydrogens (tertiary/aromatic N) is 2. The highest BCUT2D eigenvalue weighted by molar-refractivity contribution is 5.90. The summed E-state index contributed by atoms with van der Waals surface area (Å²) in [4.78, 5) is 43.8. The molecule has 0 bridgehead atoms. The minimum atomic E-state index is -1.16. The van der Waals surface area contributed by atoms with Gasteiger partial charge < -0.3 is 39.6 Å². The van der Waals surface area contributed by atoms with E-state index in [4.69, 9.17) is 18.9 Å². The van der Waals surface area contributed by atoms with Crippen molar-refractivity contribution in [1.82, 2.24) is 20.4 Å². The van der Waals surface area contributed by atoms with Crippen LogP contribution in [0.2, 0.25) is 0 Å². The number of likely N-dealkylation sites (tertiary alicyclic amines) is 1. The quantitative estimate of drug-likeness (QED) is 0.160. The second-order valence-corrected chi connectivity index (χ2v) is 14.8. The standard InChI is InChI=1S/C39H62N4O8/c1-5-40-19-9-21-42(22-10-20-41-33(45)11-7-8-24-49-26-25-48-6-2)37(46)50-32-15-12-28(3)34-35(32)51-36-31(44)16-17-39(47)29(4)43(27-30-13-14-30)23-18-38(34,36)39/h12,15,29-30,36,40,47H,5-11,13-14,16-27H2,1-4H3,(H,41,45)/t29-,36+,38+,39-/m1/s1. The number of unbranched alkanes of at least 4 members (excludes halogenated alkanes) is 1. The van der Waals surface area contributed by atoms with Gasteiger partial charge in [0.2, 0.25) is 5.91 Å². The van der Waals surface area contributed by atoms with Gasteiger partial charge in [-0.05, 0) is 109 Å². The summed E-state index contributed by atoms with van der Waals surface area (Å²) in [5.74, 6) is 1.35. The van der Waals surface area contributed by atoms with Gasteiger partial charge in [0.25, 0.3) is 0 Å². The largest absolute Gasteiger partial charge is 0.477 e. The highest BCUT2D eigenvalue weighted by Crippen LogP contribution is 2.62. The van der Waals surface area contributed by atoms with Gasteiger partial charge in [-0.1, -0.05) is 13.0 Å². The van der Waals surface area contributed by atoms with E-state index in [9.17, 15) is 19.5 Å². The van der Waals surface area contributed by atoms with Crippen molar-refractivity contribution in [3.63, 3.8) is 0 Å². The number of aryl methyl sites for hydroxylation is 1. The Morgan fingerprint density at radius 1 is 1.04 bits per heavy atom. The molecule has 4 atom stereocenters. The van der Waals surface area contributed by atoms with Gasteiger partial charge in [0.1, 0.15) is 0 Å². The third kappa shape index (κ3) is 9.07. The number of carbonyl (C=O) groups is 3. The van der Waals surface area contributed by atoms with Crippen LogP contribution in [0.25, 0.3) is 0 Å². The second kappa shape index (κ2) is 18.3. The summed E-state index contributed by atoms with van der Waals surface area (Å²) in [6.07, 6.45) is 5.71. The lowest BCUT2D eigenvalue weighted by Crippen LogP contribution is -2.74. The lowest BCUT2D eigenvalue weighted by atomic mass is 9.52. The predicted molar refractivity (Wildman–Crippen MR) is 194 cm³/mol. The third-order valence-corrected chi connectivity index (χ3v) is 11.4. The van der Waals surface area contributed by atoms with Gasteiger partial charge in [0.05, 0.1) is 24.2 Å². The summed E-state index contributed by atoms with van der Waals surface area (Å²) in [5, 5.41) is 18.9. The Kier molecular flexibility index (Phi) is 14.2. The van der Waals surface area contributed by atoms with Gasteiger partial charge in [-0.25, -0.2) is 4.79 Å². The molecule has 2 amide bonds. The van der Waals surface area contributed by atoms with E-state index in [2.05, 4.69) is 22.5 Å².